The molecular formula is C20H27N3O2S. The topological polar surface area (TPSA) is 64.0 Å². The molecule has 1 atom stereocenters. The standard InChI is InChI=1S/C20H27N3O2S/c1-4-6-7-10-15(3)21-18(24)14-26-20-22-17-12-9-8-11-16(17)19(25)23(20)13-5-2/h5,8-9,11-12,15H,2,4,6-7,10,13-14H2,1,3H3,(H,21,24). The van der Waals surface area contributed by atoms with Crippen LogP contribution in [0.25, 0.3) is 10.9 Å². The molecule has 0 aliphatic carbocycles. The highest BCUT2D eigenvalue weighted by Crippen LogP contribution is 2.18. The van der Waals surface area contributed by atoms with Crippen LogP contribution in [0.2, 0.25) is 0 Å². The first kappa shape index (κ1) is 20.2. The minimum atomic E-state index is -0.105. The number of rotatable bonds is 10. The number of hydrogen-bond donors (Lipinski definition) is 1. The van der Waals surface area contributed by atoms with Gasteiger partial charge in [-0.15, -0.1) is 6.58 Å². The number of benzene rings is 1. The van der Waals surface area contributed by atoms with E-state index in [0.717, 1.165) is 12.8 Å². The molecule has 1 heterocycles. The van der Waals surface area contributed by atoms with E-state index >= 15 is 0 Å². The molecule has 0 spiro atoms. The van der Waals surface area contributed by atoms with Crippen molar-refractivity contribution < 1.29 is 4.79 Å². The minimum absolute atomic E-state index is 0.0356. The molecule has 1 aromatic carbocycles. The Balaban J connectivity index is 2.07. The molecule has 1 amide bonds. The lowest BCUT2D eigenvalue weighted by atomic mass is 10.1. The van der Waals surface area contributed by atoms with E-state index in [9.17, 15) is 9.59 Å². The van der Waals surface area contributed by atoms with Gasteiger partial charge in [-0.25, -0.2) is 4.98 Å². The summed E-state index contributed by atoms with van der Waals surface area (Å²) in [5.41, 5.74) is 0.542. The summed E-state index contributed by atoms with van der Waals surface area (Å²) in [5.74, 6) is 0.201. The van der Waals surface area contributed by atoms with Crippen molar-refractivity contribution >= 4 is 28.6 Å². The lowest BCUT2D eigenvalue weighted by Gasteiger charge is -2.14. The number of carbonyl (C=O) groups is 1. The molecule has 0 fully saturated rings. The smallest absolute Gasteiger partial charge is 0.262 e. The van der Waals surface area contributed by atoms with Gasteiger partial charge in [0.25, 0.3) is 5.56 Å². The Hall–Kier alpha value is -2.08. The third kappa shape index (κ3) is 5.46. The van der Waals surface area contributed by atoms with Gasteiger partial charge in [-0.05, 0) is 25.5 Å². The summed E-state index contributed by atoms with van der Waals surface area (Å²) in [4.78, 5) is 29.4. The van der Waals surface area contributed by atoms with Gasteiger partial charge in [0.2, 0.25) is 5.91 Å². The number of aromatic nitrogens is 2. The quantitative estimate of drug-likeness (QED) is 0.298. The van der Waals surface area contributed by atoms with Gasteiger partial charge in [0, 0.05) is 12.6 Å². The Morgan fingerprint density at radius 3 is 2.88 bits per heavy atom. The lowest BCUT2D eigenvalue weighted by Crippen LogP contribution is -2.34. The fraction of sp³-hybridized carbons (Fsp3) is 0.450. The maximum absolute atomic E-state index is 12.7. The molecule has 5 nitrogen and oxygen atoms in total. The first-order valence-electron chi connectivity index (χ1n) is 9.09. The summed E-state index contributed by atoms with van der Waals surface area (Å²) < 4.78 is 1.57. The Bertz CT molecular complexity index is 816. The molecule has 0 saturated carbocycles. The summed E-state index contributed by atoms with van der Waals surface area (Å²) in [7, 11) is 0. The second kappa shape index (κ2) is 10.2. The average molecular weight is 374 g/mol. The molecule has 0 bridgehead atoms. The molecule has 0 aliphatic heterocycles. The highest BCUT2D eigenvalue weighted by Gasteiger charge is 2.13. The number of thioether (sulfide) groups is 1. The molecule has 2 rings (SSSR count). The van der Waals surface area contributed by atoms with Gasteiger partial charge >= 0.3 is 0 Å². The van der Waals surface area contributed by atoms with Gasteiger partial charge < -0.3 is 5.32 Å². The number of hydrogen-bond acceptors (Lipinski definition) is 4. The lowest BCUT2D eigenvalue weighted by molar-refractivity contribution is -0.119. The number of nitrogens with one attached hydrogen (secondary N) is 1. The van der Waals surface area contributed by atoms with Gasteiger partial charge in [0.1, 0.15) is 0 Å². The number of fused-ring (bicyclic) bond motifs is 1. The van der Waals surface area contributed by atoms with Crippen molar-refractivity contribution in [1.29, 1.82) is 0 Å². The molecule has 140 valence electrons. The van der Waals surface area contributed by atoms with Gasteiger partial charge in [0.05, 0.1) is 16.7 Å². The van der Waals surface area contributed by atoms with E-state index in [1.807, 2.05) is 25.1 Å². The molecule has 0 radical (unpaired) electrons. The van der Waals surface area contributed by atoms with Crippen molar-refractivity contribution in [3.8, 4) is 0 Å². The molecule has 26 heavy (non-hydrogen) atoms. The second-order valence-corrected chi connectivity index (χ2v) is 7.31. The summed E-state index contributed by atoms with van der Waals surface area (Å²) >= 11 is 1.29. The van der Waals surface area contributed by atoms with E-state index in [2.05, 4.69) is 23.8 Å². The van der Waals surface area contributed by atoms with Crippen LogP contribution in [0.5, 0.6) is 0 Å². The van der Waals surface area contributed by atoms with E-state index in [0.29, 0.717) is 22.6 Å². The second-order valence-electron chi connectivity index (χ2n) is 6.37. The van der Waals surface area contributed by atoms with Gasteiger partial charge in [-0.2, -0.15) is 0 Å². The predicted molar refractivity (Wildman–Crippen MR) is 109 cm³/mol. The predicted octanol–water partition coefficient (Wildman–Crippen LogP) is 3.76. The largest absolute Gasteiger partial charge is 0.353 e. The fourth-order valence-electron chi connectivity index (χ4n) is 2.77. The number of nitrogens with zero attached hydrogens (tertiary/aromatic N) is 2. The van der Waals surface area contributed by atoms with E-state index in [4.69, 9.17) is 0 Å². The van der Waals surface area contributed by atoms with Crippen molar-refractivity contribution in [3.63, 3.8) is 0 Å². The van der Waals surface area contributed by atoms with Crippen LogP contribution in [-0.4, -0.2) is 27.3 Å². The van der Waals surface area contributed by atoms with Gasteiger partial charge in [0.15, 0.2) is 5.16 Å². The van der Waals surface area contributed by atoms with Crippen LogP contribution in [0.3, 0.4) is 0 Å². The van der Waals surface area contributed by atoms with Crippen LogP contribution in [0.4, 0.5) is 0 Å². The van der Waals surface area contributed by atoms with Crippen molar-refractivity contribution in [2.24, 2.45) is 0 Å². The Kier molecular flexibility index (Phi) is 7.91. The number of amides is 1. The summed E-state index contributed by atoms with van der Waals surface area (Å²) in [6, 6.07) is 7.42. The zero-order chi connectivity index (χ0) is 18.9. The summed E-state index contributed by atoms with van der Waals surface area (Å²) in [6.07, 6.45) is 6.13. The van der Waals surface area contributed by atoms with Crippen LogP contribution in [0, 0.1) is 0 Å². The van der Waals surface area contributed by atoms with Crippen molar-refractivity contribution in [1.82, 2.24) is 14.9 Å². The van der Waals surface area contributed by atoms with Crippen LogP contribution >= 0.6 is 11.8 Å². The zero-order valence-corrected chi connectivity index (χ0v) is 16.3. The Morgan fingerprint density at radius 2 is 2.15 bits per heavy atom. The number of allylic oxidation sites excluding steroid dienone is 1. The third-order valence-electron chi connectivity index (χ3n) is 4.12. The fourth-order valence-corrected chi connectivity index (χ4v) is 3.59. The number of para-hydroxylation sites is 1. The first-order valence-corrected chi connectivity index (χ1v) is 10.1. The monoisotopic (exact) mass is 373 g/mol. The highest BCUT2D eigenvalue weighted by molar-refractivity contribution is 7.99. The molecule has 1 N–H and O–H groups in total. The van der Waals surface area contributed by atoms with Crippen molar-refractivity contribution in [2.75, 3.05) is 5.75 Å². The molecule has 1 unspecified atom stereocenters. The normalized spacial score (nSPS) is 12.1. The molecule has 0 aliphatic rings. The van der Waals surface area contributed by atoms with E-state index in [1.54, 1.807) is 16.7 Å². The van der Waals surface area contributed by atoms with Gasteiger partial charge in [-0.1, -0.05) is 56.2 Å². The molecule has 1 aromatic heterocycles. The van der Waals surface area contributed by atoms with Crippen LogP contribution in [0.1, 0.15) is 39.5 Å². The molecule has 0 saturated heterocycles. The SMILES string of the molecule is C=CCn1c(SCC(=O)NC(C)CCCCC)nc2ccccc2c1=O. The summed E-state index contributed by atoms with van der Waals surface area (Å²) in [6.45, 7) is 8.28. The third-order valence-corrected chi connectivity index (χ3v) is 5.10. The first-order chi connectivity index (χ1) is 12.6. The molecule has 6 heteroatoms. The summed E-state index contributed by atoms with van der Waals surface area (Å²) in [5, 5.41) is 4.14. The van der Waals surface area contributed by atoms with Gasteiger partial charge in [-0.3, -0.25) is 14.2 Å². The Morgan fingerprint density at radius 1 is 1.38 bits per heavy atom. The molecule has 2 aromatic rings. The van der Waals surface area contributed by atoms with Crippen molar-refractivity contribution in [2.45, 2.75) is 57.3 Å². The zero-order valence-electron chi connectivity index (χ0n) is 15.5. The Labute approximate surface area is 158 Å². The maximum atomic E-state index is 12.7. The average Bonchev–Trinajstić information content (AvgIpc) is 2.63. The highest BCUT2D eigenvalue weighted by atomic mass is 32.2. The number of unbranched alkanes of at least 4 members (excludes halogenated alkanes) is 2. The molecular weight excluding hydrogens is 346 g/mol. The number of carbonyl (C=O) groups excluding carboxylic acids is 1. The van der Waals surface area contributed by atoms with E-state index in [1.165, 1.54) is 24.6 Å². The van der Waals surface area contributed by atoms with Crippen LogP contribution in [-0.2, 0) is 11.3 Å². The van der Waals surface area contributed by atoms with Crippen LogP contribution in [0.15, 0.2) is 46.9 Å². The van der Waals surface area contributed by atoms with E-state index < -0.39 is 0 Å². The van der Waals surface area contributed by atoms with Crippen LogP contribution < -0.4 is 10.9 Å². The maximum Gasteiger partial charge on any atom is 0.262 e. The van der Waals surface area contributed by atoms with Crippen molar-refractivity contribution in [3.05, 3.63) is 47.3 Å². The van der Waals surface area contributed by atoms with E-state index in [-0.39, 0.29) is 23.3 Å². The minimum Gasteiger partial charge on any atom is -0.353 e.